The second kappa shape index (κ2) is 8.88. The van der Waals surface area contributed by atoms with Crippen LogP contribution in [0.25, 0.3) is 0 Å². The summed E-state index contributed by atoms with van der Waals surface area (Å²) in [5.41, 5.74) is 0.705. The lowest BCUT2D eigenvalue weighted by molar-refractivity contribution is -0.114. The van der Waals surface area contributed by atoms with Crippen molar-refractivity contribution < 1.29 is 14.3 Å². The van der Waals surface area contributed by atoms with E-state index in [0.29, 0.717) is 23.1 Å². The molecule has 1 aromatic heterocycles. The van der Waals surface area contributed by atoms with Crippen LogP contribution in [-0.2, 0) is 9.59 Å². The molecular weight excluding hydrogens is 328 g/mol. The Balaban J connectivity index is 1.81. The zero-order valence-electron chi connectivity index (χ0n) is 13.4. The third kappa shape index (κ3) is 5.88. The molecule has 8 heteroatoms. The third-order valence-corrected chi connectivity index (χ3v) is 3.66. The van der Waals surface area contributed by atoms with Crippen LogP contribution >= 0.6 is 11.8 Å². The van der Waals surface area contributed by atoms with E-state index in [2.05, 4.69) is 20.8 Å². The number of carbonyl (C=O) groups is 2. The van der Waals surface area contributed by atoms with Gasteiger partial charge in [-0.3, -0.25) is 9.59 Å². The minimum absolute atomic E-state index is 0.142. The van der Waals surface area contributed by atoms with E-state index in [1.54, 1.807) is 36.4 Å². The Morgan fingerprint density at radius 3 is 2.42 bits per heavy atom. The maximum absolute atomic E-state index is 11.9. The monoisotopic (exact) mass is 346 g/mol. The first kappa shape index (κ1) is 17.7. The minimum atomic E-state index is -0.209. The number of thioether (sulfide) groups is 1. The van der Waals surface area contributed by atoms with Crippen molar-refractivity contribution in [2.75, 3.05) is 23.0 Å². The van der Waals surface area contributed by atoms with Gasteiger partial charge < -0.3 is 15.4 Å². The van der Waals surface area contributed by atoms with Crippen LogP contribution in [0.15, 0.2) is 41.4 Å². The number of hydrogen-bond acceptors (Lipinski definition) is 6. The molecule has 2 rings (SSSR count). The Labute approximate surface area is 144 Å². The maximum atomic E-state index is 11.9. The maximum Gasteiger partial charge on any atom is 0.234 e. The van der Waals surface area contributed by atoms with E-state index in [4.69, 9.17) is 4.74 Å². The molecule has 2 N–H and O–H groups in total. The Bertz CT molecular complexity index is 689. The van der Waals surface area contributed by atoms with Gasteiger partial charge in [-0.15, -0.1) is 10.2 Å². The standard InChI is InChI=1S/C16H18N4O3S/c1-3-23-13-6-4-12(5-7-13)18-15(22)10-24-16-9-8-14(19-20-16)17-11(2)21/h4-9H,3,10H2,1-2H3,(H,18,22)(H,17,19,21). The van der Waals surface area contributed by atoms with Gasteiger partial charge in [0.05, 0.1) is 12.4 Å². The van der Waals surface area contributed by atoms with Gasteiger partial charge in [0.2, 0.25) is 11.8 Å². The number of hydrogen-bond donors (Lipinski definition) is 2. The van der Waals surface area contributed by atoms with Crippen molar-refractivity contribution in [1.29, 1.82) is 0 Å². The van der Waals surface area contributed by atoms with E-state index < -0.39 is 0 Å². The zero-order chi connectivity index (χ0) is 17.4. The van der Waals surface area contributed by atoms with Gasteiger partial charge in [0.25, 0.3) is 0 Å². The molecule has 1 heterocycles. The second-order valence-corrected chi connectivity index (χ2v) is 5.73. The van der Waals surface area contributed by atoms with Crippen molar-refractivity contribution in [3.8, 4) is 5.75 Å². The van der Waals surface area contributed by atoms with Gasteiger partial charge in [0.15, 0.2) is 5.82 Å². The van der Waals surface area contributed by atoms with Crippen molar-refractivity contribution in [2.24, 2.45) is 0 Å². The number of amides is 2. The summed E-state index contributed by atoms with van der Waals surface area (Å²) in [6.45, 7) is 3.91. The molecule has 0 unspecified atom stereocenters. The fourth-order valence-electron chi connectivity index (χ4n) is 1.78. The highest BCUT2D eigenvalue weighted by molar-refractivity contribution is 7.99. The number of carbonyl (C=O) groups excluding carboxylic acids is 2. The van der Waals surface area contributed by atoms with E-state index in [0.717, 1.165) is 5.75 Å². The lowest BCUT2D eigenvalue weighted by Gasteiger charge is -2.07. The van der Waals surface area contributed by atoms with Crippen LogP contribution < -0.4 is 15.4 Å². The van der Waals surface area contributed by atoms with Gasteiger partial charge in [0.1, 0.15) is 10.8 Å². The van der Waals surface area contributed by atoms with E-state index in [-0.39, 0.29) is 17.6 Å². The molecule has 1 aromatic carbocycles. The SMILES string of the molecule is CCOc1ccc(NC(=O)CSc2ccc(NC(C)=O)nn2)cc1. The molecule has 0 aliphatic carbocycles. The van der Waals surface area contributed by atoms with Crippen LogP contribution in [0.5, 0.6) is 5.75 Å². The van der Waals surface area contributed by atoms with E-state index >= 15 is 0 Å². The summed E-state index contributed by atoms with van der Waals surface area (Å²) in [5.74, 6) is 1.00. The van der Waals surface area contributed by atoms with Gasteiger partial charge in [0, 0.05) is 12.6 Å². The Hall–Kier alpha value is -2.61. The van der Waals surface area contributed by atoms with Gasteiger partial charge in [-0.1, -0.05) is 11.8 Å². The first-order valence-corrected chi connectivity index (χ1v) is 8.32. The topological polar surface area (TPSA) is 93.2 Å². The molecule has 126 valence electrons. The number of nitrogens with one attached hydrogen (secondary N) is 2. The number of rotatable bonds is 7. The molecule has 0 fully saturated rings. The van der Waals surface area contributed by atoms with E-state index in [1.807, 2.05) is 6.92 Å². The molecule has 0 atom stereocenters. The fourth-order valence-corrected chi connectivity index (χ4v) is 2.40. The normalized spacial score (nSPS) is 10.1. The summed E-state index contributed by atoms with van der Waals surface area (Å²) in [6.07, 6.45) is 0. The molecule has 0 saturated carbocycles. The summed E-state index contributed by atoms with van der Waals surface area (Å²) < 4.78 is 5.35. The van der Waals surface area contributed by atoms with Crippen LogP contribution in [0.3, 0.4) is 0 Å². The summed E-state index contributed by atoms with van der Waals surface area (Å²) in [6, 6.07) is 10.5. The Morgan fingerprint density at radius 1 is 1.08 bits per heavy atom. The number of anilines is 2. The first-order chi connectivity index (χ1) is 11.6. The molecule has 0 aliphatic rings. The summed E-state index contributed by atoms with van der Waals surface area (Å²) >= 11 is 1.26. The molecule has 0 aliphatic heterocycles. The zero-order valence-corrected chi connectivity index (χ0v) is 14.2. The molecule has 0 saturated heterocycles. The van der Waals surface area contributed by atoms with Crippen LogP contribution in [0.2, 0.25) is 0 Å². The Kier molecular flexibility index (Phi) is 6.56. The van der Waals surface area contributed by atoms with Crippen molar-refractivity contribution in [2.45, 2.75) is 18.9 Å². The lowest BCUT2D eigenvalue weighted by Crippen LogP contribution is -2.14. The van der Waals surface area contributed by atoms with Crippen LogP contribution in [0.1, 0.15) is 13.8 Å². The van der Waals surface area contributed by atoms with Crippen molar-refractivity contribution in [3.63, 3.8) is 0 Å². The number of aromatic nitrogens is 2. The minimum Gasteiger partial charge on any atom is -0.494 e. The molecule has 7 nitrogen and oxygen atoms in total. The van der Waals surface area contributed by atoms with Gasteiger partial charge in [-0.2, -0.15) is 0 Å². The highest BCUT2D eigenvalue weighted by Crippen LogP contribution is 2.18. The second-order valence-electron chi connectivity index (χ2n) is 4.73. The summed E-state index contributed by atoms with van der Waals surface area (Å²) in [4.78, 5) is 22.8. The molecule has 2 amide bonds. The molecule has 0 radical (unpaired) electrons. The lowest BCUT2D eigenvalue weighted by atomic mass is 10.3. The average molecular weight is 346 g/mol. The van der Waals surface area contributed by atoms with Gasteiger partial charge in [-0.05, 0) is 43.3 Å². The number of ether oxygens (including phenoxy) is 1. The van der Waals surface area contributed by atoms with Gasteiger partial charge in [-0.25, -0.2) is 0 Å². The molecule has 0 bridgehead atoms. The van der Waals surface area contributed by atoms with E-state index in [1.165, 1.54) is 18.7 Å². The van der Waals surface area contributed by atoms with Crippen molar-refractivity contribution in [1.82, 2.24) is 10.2 Å². The molecule has 2 aromatic rings. The number of benzene rings is 1. The summed E-state index contributed by atoms with van der Waals surface area (Å²) in [5, 5.41) is 13.7. The largest absolute Gasteiger partial charge is 0.494 e. The fraction of sp³-hybridized carbons (Fsp3) is 0.250. The van der Waals surface area contributed by atoms with Crippen LogP contribution in [0, 0.1) is 0 Å². The Morgan fingerprint density at radius 2 is 1.83 bits per heavy atom. The quantitative estimate of drug-likeness (QED) is 0.749. The molecular formula is C16H18N4O3S. The van der Waals surface area contributed by atoms with Crippen molar-refractivity contribution in [3.05, 3.63) is 36.4 Å². The molecule has 24 heavy (non-hydrogen) atoms. The highest BCUT2D eigenvalue weighted by Gasteiger charge is 2.06. The van der Waals surface area contributed by atoms with Crippen molar-refractivity contribution >= 4 is 35.1 Å². The van der Waals surface area contributed by atoms with Crippen LogP contribution in [0.4, 0.5) is 11.5 Å². The molecule has 0 spiro atoms. The van der Waals surface area contributed by atoms with E-state index in [9.17, 15) is 9.59 Å². The average Bonchev–Trinajstić information content (AvgIpc) is 2.56. The summed E-state index contributed by atoms with van der Waals surface area (Å²) in [7, 11) is 0. The highest BCUT2D eigenvalue weighted by atomic mass is 32.2. The predicted octanol–water partition coefficient (Wildman–Crippen LogP) is 2.56. The predicted molar refractivity (Wildman–Crippen MR) is 93.3 cm³/mol. The first-order valence-electron chi connectivity index (χ1n) is 7.33. The van der Waals surface area contributed by atoms with Gasteiger partial charge >= 0.3 is 0 Å². The van der Waals surface area contributed by atoms with Crippen LogP contribution in [-0.4, -0.2) is 34.4 Å². The number of nitrogens with zero attached hydrogens (tertiary/aromatic N) is 2. The smallest absolute Gasteiger partial charge is 0.234 e. The third-order valence-electron chi connectivity index (χ3n) is 2.74.